The first-order valence-corrected chi connectivity index (χ1v) is 14.5. The van der Waals surface area contributed by atoms with Gasteiger partial charge in [0, 0.05) is 10.5 Å². The summed E-state index contributed by atoms with van der Waals surface area (Å²) in [5, 5.41) is 0.0108. The molecule has 190 valence electrons. The van der Waals surface area contributed by atoms with Crippen LogP contribution in [0.15, 0.2) is 48.5 Å². The molecule has 2 nitrogen and oxygen atoms in total. The third kappa shape index (κ3) is 11.4. The Kier molecular flexibility index (Phi) is 15.4. The van der Waals surface area contributed by atoms with Crippen molar-refractivity contribution in [3.63, 3.8) is 0 Å². The van der Waals surface area contributed by atoms with E-state index in [-0.39, 0.29) is 10.5 Å². The van der Waals surface area contributed by atoms with Gasteiger partial charge in [0.25, 0.3) is 0 Å². The highest BCUT2D eigenvalue weighted by Crippen LogP contribution is 2.39. The van der Waals surface area contributed by atoms with Crippen LogP contribution in [0, 0.1) is 0 Å². The van der Waals surface area contributed by atoms with Crippen LogP contribution < -0.4 is 9.47 Å². The molecule has 34 heavy (non-hydrogen) atoms. The highest BCUT2D eigenvalue weighted by atomic mass is 32.1. The largest absolute Gasteiger partial charge is 0.494 e. The van der Waals surface area contributed by atoms with E-state index >= 15 is 0 Å². The van der Waals surface area contributed by atoms with Crippen LogP contribution in [0.2, 0.25) is 0 Å². The smallest absolute Gasteiger partial charge is 0.119 e. The van der Waals surface area contributed by atoms with Crippen LogP contribution in [0.25, 0.3) is 0 Å². The maximum atomic E-state index is 5.91. The number of hydrogen-bond donors (Lipinski definition) is 2. The van der Waals surface area contributed by atoms with Gasteiger partial charge in [0.05, 0.1) is 13.2 Å². The molecule has 2 unspecified atom stereocenters. The molecule has 0 aromatic heterocycles. The molecule has 2 rings (SSSR count). The molecule has 0 heterocycles. The van der Waals surface area contributed by atoms with E-state index in [1.54, 1.807) is 0 Å². The second-order valence-corrected chi connectivity index (χ2v) is 10.4. The summed E-state index contributed by atoms with van der Waals surface area (Å²) in [5.74, 6) is 1.86. The SMILES string of the molecule is CCCCCCCCOc1ccc(C(S)C(S)c2ccc(OCCCCCCCC)cc2)cc1. The minimum Gasteiger partial charge on any atom is -0.494 e. The molecule has 0 fully saturated rings. The lowest BCUT2D eigenvalue weighted by molar-refractivity contribution is 0.304. The van der Waals surface area contributed by atoms with Crippen LogP contribution in [0.1, 0.15) is 113 Å². The zero-order chi connectivity index (χ0) is 24.4. The normalized spacial score (nSPS) is 12.9. The zero-order valence-corrected chi connectivity index (χ0v) is 23.2. The molecule has 0 aliphatic heterocycles. The predicted molar refractivity (Wildman–Crippen MR) is 154 cm³/mol. The molecule has 4 heteroatoms. The Balaban J connectivity index is 1.71. The minimum atomic E-state index is 0.00541. The van der Waals surface area contributed by atoms with Crippen molar-refractivity contribution in [1.82, 2.24) is 0 Å². The van der Waals surface area contributed by atoms with Gasteiger partial charge in [-0.15, -0.1) is 0 Å². The molecule has 0 bridgehead atoms. The van der Waals surface area contributed by atoms with Gasteiger partial charge >= 0.3 is 0 Å². The number of rotatable bonds is 19. The van der Waals surface area contributed by atoms with Gasteiger partial charge < -0.3 is 9.47 Å². The topological polar surface area (TPSA) is 18.5 Å². The highest BCUT2D eigenvalue weighted by Gasteiger charge is 2.18. The maximum absolute atomic E-state index is 5.91. The van der Waals surface area contributed by atoms with Crippen molar-refractivity contribution >= 4 is 25.3 Å². The van der Waals surface area contributed by atoms with Gasteiger partial charge in [-0.05, 0) is 48.2 Å². The van der Waals surface area contributed by atoms with Crippen LogP contribution in [0.5, 0.6) is 11.5 Å². The molecule has 0 spiro atoms. The Labute approximate surface area is 220 Å². The monoisotopic (exact) mass is 502 g/mol. The molecule has 0 radical (unpaired) electrons. The third-order valence-corrected chi connectivity index (χ3v) is 7.70. The molecule has 0 aliphatic rings. The van der Waals surface area contributed by atoms with Crippen LogP contribution in [-0.2, 0) is 0 Å². The number of hydrogen-bond acceptors (Lipinski definition) is 4. The summed E-state index contributed by atoms with van der Waals surface area (Å²) >= 11 is 9.74. The maximum Gasteiger partial charge on any atom is 0.119 e. The zero-order valence-electron chi connectivity index (χ0n) is 21.4. The van der Waals surface area contributed by atoms with Gasteiger partial charge in [0.1, 0.15) is 11.5 Å². The van der Waals surface area contributed by atoms with Crippen molar-refractivity contribution < 1.29 is 9.47 Å². The Bertz CT molecular complexity index is 680. The molecule has 0 N–H and O–H groups in total. The quantitative estimate of drug-likeness (QED) is 0.147. The van der Waals surface area contributed by atoms with Crippen molar-refractivity contribution in [3.8, 4) is 11.5 Å². The second kappa shape index (κ2) is 18.1. The Morgan fingerprint density at radius 1 is 0.500 bits per heavy atom. The highest BCUT2D eigenvalue weighted by molar-refractivity contribution is 7.84. The van der Waals surface area contributed by atoms with E-state index in [2.05, 4.69) is 62.4 Å². The van der Waals surface area contributed by atoms with E-state index < -0.39 is 0 Å². The third-order valence-electron chi connectivity index (χ3n) is 6.28. The Morgan fingerprint density at radius 2 is 0.824 bits per heavy atom. The summed E-state index contributed by atoms with van der Waals surface area (Å²) in [6.07, 6.45) is 15.3. The lowest BCUT2D eigenvalue weighted by atomic mass is 10.0. The summed E-state index contributed by atoms with van der Waals surface area (Å²) in [6.45, 7) is 6.08. The number of benzene rings is 2. The molecule has 0 saturated heterocycles. The first kappa shape index (κ1) is 29.0. The van der Waals surface area contributed by atoms with Gasteiger partial charge in [-0.2, -0.15) is 25.3 Å². The Morgan fingerprint density at radius 3 is 1.18 bits per heavy atom. The fourth-order valence-electron chi connectivity index (χ4n) is 4.03. The summed E-state index contributed by atoms with van der Waals surface area (Å²) < 4.78 is 11.8. The molecule has 0 aliphatic carbocycles. The van der Waals surface area contributed by atoms with Crippen LogP contribution in [0.4, 0.5) is 0 Å². The molecule has 0 amide bonds. The van der Waals surface area contributed by atoms with Crippen molar-refractivity contribution in [2.75, 3.05) is 13.2 Å². The average Bonchev–Trinajstić information content (AvgIpc) is 2.87. The van der Waals surface area contributed by atoms with Gasteiger partial charge in [-0.25, -0.2) is 0 Å². The van der Waals surface area contributed by atoms with E-state index in [9.17, 15) is 0 Å². The van der Waals surface area contributed by atoms with E-state index in [4.69, 9.17) is 34.7 Å². The van der Waals surface area contributed by atoms with Gasteiger partial charge in [0.15, 0.2) is 0 Å². The van der Waals surface area contributed by atoms with E-state index in [1.807, 2.05) is 0 Å². The molecular weight excluding hydrogens is 456 g/mol. The van der Waals surface area contributed by atoms with Crippen molar-refractivity contribution in [2.24, 2.45) is 0 Å². The van der Waals surface area contributed by atoms with E-state index in [0.717, 1.165) is 48.7 Å². The predicted octanol–water partition coefficient (Wildman–Crippen LogP) is 9.81. The number of unbranched alkanes of at least 4 members (excludes halogenated alkanes) is 10. The molecule has 2 atom stereocenters. The second-order valence-electron chi connectivity index (χ2n) is 9.26. The number of thiol groups is 2. The Hall–Kier alpha value is -1.26. The fourth-order valence-corrected chi connectivity index (χ4v) is 4.72. The van der Waals surface area contributed by atoms with Gasteiger partial charge in [-0.3, -0.25) is 0 Å². The molecule has 0 saturated carbocycles. The summed E-state index contributed by atoms with van der Waals surface area (Å²) in [5.41, 5.74) is 2.30. The van der Waals surface area contributed by atoms with Crippen LogP contribution in [-0.4, -0.2) is 13.2 Å². The summed E-state index contributed by atoms with van der Waals surface area (Å²) in [4.78, 5) is 0. The minimum absolute atomic E-state index is 0.00541. The van der Waals surface area contributed by atoms with Crippen molar-refractivity contribution in [1.29, 1.82) is 0 Å². The van der Waals surface area contributed by atoms with E-state index in [1.165, 1.54) is 64.2 Å². The summed E-state index contributed by atoms with van der Waals surface area (Å²) in [6, 6.07) is 16.6. The van der Waals surface area contributed by atoms with Crippen LogP contribution in [0.3, 0.4) is 0 Å². The van der Waals surface area contributed by atoms with Crippen molar-refractivity contribution in [2.45, 2.75) is 101 Å². The first-order valence-electron chi connectivity index (χ1n) is 13.5. The van der Waals surface area contributed by atoms with Crippen LogP contribution >= 0.6 is 25.3 Å². The van der Waals surface area contributed by atoms with Gasteiger partial charge in [-0.1, -0.05) is 102 Å². The average molecular weight is 503 g/mol. The first-order chi connectivity index (χ1) is 16.7. The summed E-state index contributed by atoms with van der Waals surface area (Å²) in [7, 11) is 0. The number of ether oxygens (including phenoxy) is 2. The van der Waals surface area contributed by atoms with E-state index in [0.29, 0.717) is 0 Å². The lowest BCUT2D eigenvalue weighted by Gasteiger charge is -2.20. The fraction of sp³-hybridized carbons (Fsp3) is 0.600. The van der Waals surface area contributed by atoms with Crippen molar-refractivity contribution in [3.05, 3.63) is 59.7 Å². The molecule has 2 aromatic rings. The molecular formula is C30H46O2S2. The van der Waals surface area contributed by atoms with Gasteiger partial charge in [0.2, 0.25) is 0 Å². The lowest BCUT2D eigenvalue weighted by Crippen LogP contribution is -2.02. The standard InChI is InChI=1S/C30H46O2S2/c1-3-5-7-9-11-13-23-31-27-19-15-25(16-20-27)29(33)30(34)26-17-21-28(22-18-26)32-24-14-12-10-8-6-4-2/h15-22,29-30,33-34H,3-14,23-24H2,1-2H3. The molecule has 2 aromatic carbocycles.